The topological polar surface area (TPSA) is 76.6 Å². The molecule has 3 N–H and O–H groups in total. The number of piperidine rings is 1. The van der Waals surface area contributed by atoms with E-state index < -0.39 is 12.6 Å². The Kier molecular flexibility index (Phi) is 5.29. The molecule has 2 aliphatic heterocycles. The minimum Gasteiger partial charge on any atom is -0.392 e. The average Bonchev–Trinajstić information content (AvgIpc) is 3.12. The van der Waals surface area contributed by atoms with E-state index in [1.54, 1.807) is 0 Å². The zero-order valence-electron chi connectivity index (χ0n) is 18.6. The van der Waals surface area contributed by atoms with Gasteiger partial charge in [0.05, 0.1) is 14.0 Å². The number of H-pyrrole nitrogens is 1. The van der Waals surface area contributed by atoms with Crippen LogP contribution in [0.15, 0.2) is 23.8 Å². The van der Waals surface area contributed by atoms with Crippen molar-refractivity contribution >= 4 is 16.7 Å². The van der Waals surface area contributed by atoms with E-state index in [1.165, 1.54) is 0 Å². The number of aliphatic hydroxyl groups excluding tert-OH is 2. The van der Waals surface area contributed by atoms with Gasteiger partial charge in [0.2, 0.25) is 0 Å². The summed E-state index contributed by atoms with van der Waals surface area (Å²) in [6.45, 7) is 7.06. The number of aliphatic hydroxyl groups is 2. The predicted octanol–water partition coefficient (Wildman–Crippen LogP) is 3.42. The van der Waals surface area contributed by atoms with Gasteiger partial charge in [0.25, 0.3) is 0 Å². The highest BCUT2D eigenvalue weighted by molar-refractivity contribution is 5.96. The van der Waals surface area contributed by atoms with Gasteiger partial charge in [-0.25, -0.2) is 0 Å². The molecule has 5 heteroatoms. The monoisotopic (exact) mass is 397 g/mol. The molecule has 1 saturated heterocycles. The fourth-order valence-corrected chi connectivity index (χ4v) is 5.48. The summed E-state index contributed by atoms with van der Waals surface area (Å²) in [5, 5.41) is 20.5. The van der Waals surface area contributed by atoms with Crippen molar-refractivity contribution in [2.24, 2.45) is 11.8 Å². The van der Waals surface area contributed by atoms with Crippen LogP contribution in [-0.2, 0) is 17.8 Å². The predicted molar refractivity (Wildman–Crippen MR) is 115 cm³/mol. The Balaban J connectivity index is 1.84. The number of allylic oxidation sites excluding steroid dienone is 1. The standard InChI is InChI=1S/C24H32N2O3/c1-4-15-11-26-7-6-18-23-16(12-27)8-14(3)9-20(23)25-24(18)21(26)10-19(15)17(5-2)22(29)13-28/h5,8-9,15,19,21,25,27-28H,4,6-7,10-13H2,1-3H3/b17-5+/t15-,19+,21+/m1/s1/i21D. The number of carbonyl (C=O) groups excluding carboxylic acids is 1. The lowest BCUT2D eigenvalue weighted by atomic mass is 9.73. The summed E-state index contributed by atoms with van der Waals surface area (Å²) in [7, 11) is 0. The molecule has 1 fully saturated rings. The van der Waals surface area contributed by atoms with Crippen LogP contribution in [0.3, 0.4) is 0 Å². The molecule has 0 saturated carbocycles. The first-order valence-corrected chi connectivity index (χ1v) is 10.7. The highest BCUT2D eigenvalue weighted by Crippen LogP contribution is 2.46. The van der Waals surface area contributed by atoms with Gasteiger partial charge >= 0.3 is 0 Å². The number of hydrogen-bond acceptors (Lipinski definition) is 4. The van der Waals surface area contributed by atoms with Crippen LogP contribution in [0.4, 0.5) is 0 Å². The second kappa shape index (κ2) is 8.05. The number of rotatable bonds is 5. The smallest absolute Gasteiger partial charge is 0.184 e. The normalized spacial score (nSPS) is 28.2. The van der Waals surface area contributed by atoms with Crippen molar-refractivity contribution in [3.63, 3.8) is 0 Å². The number of hydrogen-bond donors (Lipinski definition) is 3. The molecule has 0 amide bonds. The van der Waals surface area contributed by atoms with Gasteiger partial charge in [-0.05, 0) is 66.9 Å². The van der Waals surface area contributed by atoms with Crippen LogP contribution >= 0.6 is 0 Å². The minimum absolute atomic E-state index is 0.0224. The summed E-state index contributed by atoms with van der Waals surface area (Å²) in [6, 6.07) is 3.16. The van der Waals surface area contributed by atoms with Crippen LogP contribution in [0.2, 0.25) is 0 Å². The summed E-state index contributed by atoms with van der Waals surface area (Å²) in [4.78, 5) is 18.2. The molecule has 3 atom stereocenters. The Bertz CT molecular complexity index is 1010. The Morgan fingerprint density at radius 2 is 2.21 bits per heavy atom. The first kappa shape index (κ1) is 19.0. The third-order valence-corrected chi connectivity index (χ3v) is 6.84. The molecule has 3 heterocycles. The quantitative estimate of drug-likeness (QED) is 0.676. The van der Waals surface area contributed by atoms with Crippen LogP contribution in [0.1, 0.15) is 56.5 Å². The molecule has 156 valence electrons. The molecule has 0 aliphatic carbocycles. The van der Waals surface area contributed by atoms with E-state index >= 15 is 0 Å². The molecule has 2 aromatic rings. The zero-order chi connectivity index (χ0) is 21.6. The third kappa shape index (κ3) is 3.35. The number of ketones is 1. The molecule has 0 spiro atoms. The van der Waals surface area contributed by atoms with Crippen LogP contribution in [-0.4, -0.2) is 45.6 Å². The number of nitrogens with one attached hydrogen (secondary N) is 1. The average molecular weight is 398 g/mol. The number of fused-ring (bicyclic) bond motifs is 5. The second-order valence-electron chi connectivity index (χ2n) is 8.43. The zero-order valence-corrected chi connectivity index (χ0v) is 17.6. The molecule has 5 nitrogen and oxygen atoms in total. The highest BCUT2D eigenvalue weighted by Gasteiger charge is 2.41. The van der Waals surface area contributed by atoms with E-state index in [9.17, 15) is 16.4 Å². The van der Waals surface area contributed by atoms with E-state index in [0.29, 0.717) is 12.0 Å². The van der Waals surface area contributed by atoms with Crippen molar-refractivity contribution in [3.8, 4) is 0 Å². The maximum atomic E-state index is 12.4. The van der Waals surface area contributed by atoms with Gasteiger partial charge in [-0.15, -0.1) is 0 Å². The summed E-state index contributed by atoms with van der Waals surface area (Å²) in [5.74, 6) is 0.0000300. The van der Waals surface area contributed by atoms with Gasteiger partial charge in [0.1, 0.15) is 6.61 Å². The number of aryl methyl sites for hydroxylation is 1. The molecule has 0 unspecified atom stereocenters. The summed E-state index contributed by atoms with van der Waals surface area (Å²) >= 11 is 0. The highest BCUT2D eigenvalue weighted by atomic mass is 16.3. The minimum atomic E-state index is -0.951. The van der Waals surface area contributed by atoms with E-state index in [-0.39, 0.29) is 24.2 Å². The van der Waals surface area contributed by atoms with Gasteiger partial charge in [-0.2, -0.15) is 0 Å². The molecule has 1 aromatic carbocycles. The number of nitrogens with zero attached hydrogens (tertiary/aromatic N) is 1. The van der Waals surface area contributed by atoms with Crippen molar-refractivity contribution < 1.29 is 16.4 Å². The SMILES string of the molecule is [2H][C@@]12C[C@H](/C(=C\C)C(=O)CO)[C@H](CC)CN1CCc1c2[nH]c2cc(C)cc(CO)c12. The van der Waals surface area contributed by atoms with E-state index in [2.05, 4.69) is 22.9 Å². The molecule has 4 rings (SSSR count). The lowest BCUT2D eigenvalue weighted by molar-refractivity contribution is -0.119. The summed E-state index contributed by atoms with van der Waals surface area (Å²) < 4.78 is 9.57. The number of aromatic amines is 1. The second-order valence-corrected chi connectivity index (χ2v) is 8.43. The molecule has 0 bridgehead atoms. The van der Waals surface area contributed by atoms with Crippen molar-refractivity contribution in [2.45, 2.75) is 52.7 Å². The Hall–Kier alpha value is -1.95. The van der Waals surface area contributed by atoms with Crippen molar-refractivity contribution in [1.29, 1.82) is 0 Å². The van der Waals surface area contributed by atoms with Crippen LogP contribution in [0.25, 0.3) is 10.9 Å². The molecular formula is C24H32N2O3. The fraction of sp³-hybridized carbons (Fsp3) is 0.542. The molecular weight excluding hydrogens is 364 g/mol. The van der Waals surface area contributed by atoms with Gasteiger partial charge in [0.15, 0.2) is 5.78 Å². The van der Waals surface area contributed by atoms with Crippen molar-refractivity contribution in [3.05, 3.63) is 46.2 Å². The van der Waals surface area contributed by atoms with Gasteiger partial charge in [0, 0.05) is 29.7 Å². The van der Waals surface area contributed by atoms with Crippen molar-refractivity contribution in [1.82, 2.24) is 9.88 Å². The number of carbonyl (C=O) groups is 1. The first-order valence-electron chi connectivity index (χ1n) is 11.2. The van der Waals surface area contributed by atoms with Crippen LogP contribution in [0.5, 0.6) is 0 Å². The molecule has 2 aliphatic rings. The first-order chi connectivity index (χ1) is 14.4. The Morgan fingerprint density at radius 1 is 1.41 bits per heavy atom. The number of Topliss-reactive ketones (excluding diaryl/α,β-unsaturated/α-hetero) is 1. The summed E-state index contributed by atoms with van der Waals surface area (Å²) in [6.07, 6.45) is 4.12. The van der Waals surface area contributed by atoms with Crippen molar-refractivity contribution in [2.75, 3.05) is 19.7 Å². The number of benzene rings is 1. The van der Waals surface area contributed by atoms with Gasteiger partial charge < -0.3 is 15.2 Å². The number of aromatic nitrogens is 1. The molecule has 1 aromatic heterocycles. The van der Waals surface area contributed by atoms with Gasteiger partial charge in [-0.1, -0.05) is 25.5 Å². The third-order valence-electron chi connectivity index (χ3n) is 6.84. The van der Waals surface area contributed by atoms with Crippen LogP contribution < -0.4 is 0 Å². The van der Waals surface area contributed by atoms with Crippen LogP contribution in [0, 0.1) is 18.8 Å². The van der Waals surface area contributed by atoms with E-state index in [1.807, 2.05) is 26.0 Å². The van der Waals surface area contributed by atoms with E-state index in [4.69, 9.17) is 0 Å². The Morgan fingerprint density at radius 3 is 2.86 bits per heavy atom. The Labute approximate surface area is 173 Å². The fourth-order valence-electron chi connectivity index (χ4n) is 5.48. The maximum Gasteiger partial charge on any atom is 0.184 e. The molecule has 0 radical (unpaired) electrons. The van der Waals surface area contributed by atoms with E-state index in [0.717, 1.165) is 59.2 Å². The summed E-state index contributed by atoms with van der Waals surface area (Å²) in [5.41, 5.74) is 5.65. The largest absolute Gasteiger partial charge is 0.392 e. The molecule has 29 heavy (non-hydrogen) atoms. The lowest BCUT2D eigenvalue weighted by Crippen LogP contribution is -2.47. The van der Waals surface area contributed by atoms with Gasteiger partial charge in [-0.3, -0.25) is 9.69 Å². The maximum absolute atomic E-state index is 12.4. The lowest BCUT2D eigenvalue weighted by Gasteiger charge is -2.46.